The molecule has 0 fully saturated rings. The lowest BCUT2D eigenvalue weighted by Crippen LogP contribution is -2.44. The van der Waals surface area contributed by atoms with Crippen molar-refractivity contribution in [3.05, 3.63) is 83.9 Å². The fourth-order valence-electron chi connectivity index (χ4n) is 2.59. The number of quaternary nitrogens is 1. The zero-order valence-corrected chi connectivity index (χ0v) is 15.7. The molecule has 1 nitrogen and oxygen atoms in total. The molecule has 0 saturated carbocycles. The van der Waals surface area contributed by atoms with Gasteiger partial charge in [0.2, 0.25) is 0 Å². The number of rotatable bonds is 3. The smallest absolute Gasteiger partial charge is 0.105 e. The third-order valence-corrected chi connectivity index (χ3v) is 4.80. The molecule has 126 valence electrons. The Bertz CT molecular complexity index is 752. The SMILES string of the molecule is CC(C)[N+](C)(C)Cc1cccc2ccccc12.Cc1ccccc1. The maximum atomic E-state index is 2.30. The summed E-state index contributed by atoms with van der Waals surface area (Å²) in [4.78, 5) is 0. The normalized spacial score (nSPS) is 11.2. The van der Waals surface area contributed by atoms with Gasteiger partial charge in [-0.25, -0.2) is 0 Å². The van der Waals surface area contributed by atoms with Gasteiger partial charge in [-0.05, 0) is 31.5 Å². The molecule has 0 aliphatic heterocycles. The van der Waals surface area contributed by atoms with Crippen LogP contribution in [-0.2, 0) is 6.54 Å². The van der Waals surface area contributed by atoms with Crippen molar-refractivity contribution in [3.63, 3.8) is 0 Å². The summed E-state index contributed by atoms with van der Waals surface area (Å²) < 4.78 is 1.02. The minimum atomic E-state index is 0.633. The lowest BCUT2D eigenvalue weighted by Gasteiger charge is -2.34. The Labute approximate surface area is 147 Å². The van der Waals surface area contributed by atoms with Crippen LogP contribution >= 0.6 is 0 Å². The summed E-state index contributed by atoms with van der Waals surface area (Å²) in [5, 5.41) is 2.73. The molecule has 0 heterocycles. The molecule has 0 atom stereocenters. The Morgan fingerprint density at radius 2 is 1.33 bits per heavy atom. The fourth-order valence-corrected chi connectivity index (χ4v) is 2.59. The predicted octanol–water partition coefficient (Wildman–Crippen LogP) is 5.82. The van der Waals surface area contributed by atoms with Crippen LogP contribution in [0.4, 0.5) is 0 Å². The van der Waals surface area contributed by atoms with Crippen LogP contribution in [0.2, 0.25) is 0 Å². The van der Waals surface area contributed by atoms with Gasteiger partial charge in [0, 0.05) is 5.56 Å². The van der Waals surface area contributed by atoms with Gasteiger partial charge in [-0.3, -0.25) is 0 Å². The molecule has 0 aromatic heterocycles. The Morgan fingerprint density at radius 3 is 1.92 bits per heavy atom. The summed E-state index contributed by atoms with van der Waals surface area (Å²) in [7, 11) is 4.60. The largest absolute Gasteiger partial charge is 0.323 e. The molecular formula is C23H30N+. The molecule has 0 bridgehead atoms. The van der Waals surface area contributed by atoms with Crippen molar-refractivity contribution in [2.75, 3.05) is 14.1 Å². The van der Waals surface area contributed by atoms with Crippen molar-refractivity contribution in [1.29, 1.82) is 0 Å². The average molecular weight is 320 g/mol. The highest BCUT2D eigenvalue weighted by atomic mass is 15.3. The van der Waals surface area contributed by atoms with Crippen LogP contribution in [0.3, 0.4) is 0 Å². The quantitative estimate of drug-likeness (QED) is 0.533. The molecule has 0 N–H and O–H groups in total. The summed E-state index contributed by atoms with van der Waals surface area (Å²) in [6.07, 6.45) is 0. The standard InChI is InChI=1S/C16H22N.C7H8/c1-13(2)17(3,4)12-15-10-7-9-14-8-5-6-11-16(14)15;1-7-5-3-2-4-6-7/h5-11,13H,12H2,1-4H3;2-6H,1H3/q+1;. The van der Waals surface area contributed by atoms with Gasteiger partial charge in [-0.2, -0.15) is 0 Å². The number of hydrogen-bond acceptors (Lipinski definition) is 0. The van der Waals surface area contributed by atoms with Crippen LogP contribution in [0, 0.1) is 6.92 Å². The summed E-state index contributed by atoms with van der Waals surface area (Å²) >= 11 is 0. The summed E-state index contributed by atoms with van der Waals surface area (Å²) in [5.41, 5.74) is 2.77. The van der Waals surface area contributed by atoms with E-state index in [-0.39, 0.29) is 0 Å². The second-order valence-electron chi connectivity index (χ2n) is 7.32. The molecule has 0 aliphatic rings. The van der Waals surface area contributed by atoms with Crippen molar-refractivity contribution < 1.29 is 4.48 Å². The maximum absolute atomic E-state index is 2.30. The number of fused-ring (bicyclic) bond motifs is 1. The third-order valence-electron chi connectivity index (χ3n) is 4.80. The predicted molar refractivity (Wildman–Crippen MR) is 106 cm³/mol. The summed E-state index contributed by atoms with van der Waals surface area (Å²) in [6, 6.07) is 26.2. The molecule has 3 aromatic carbocycles. The van der Waals surface area contributed by atoms with Crippen molar-refractivity contribution in [2.45, 2.75) is 33.4 Å². The van der Waals surface area contributed by atoms with Gasteiger partial charge in [-0.15, -0.1) is 0 Å². The van der Waals surface area contributed by atoms with Crippen LogP contribution in [0.25, 0.3) is 10.8 Å². The van der Waals surface area contributed by atoms with Crippen molar-refractivity contribution in [1.82, 2.24) is 0 Å². The van der Waals surface area contributed by atoms with Gasteiger partial charge in [0.25, 0.3) is 0 Å². The average Bonchev–Trinajstić information content (AvgIpc) is 2.56. The van der Waals surface area contributed by atoms with Gasteiger partial charge >= 0.3 is 0 Å². The number of nitrogens with zero attached hydrogens (tertiary/aromatic N) is 1. The van der Waals surface area contributed by atoms with Gasteiger partial charge in [0.15, 0.2) is 0 Å². The fraction of sp³-hybridized carbons (Fsp3) is 0.304. The molecule has 1 heteroatoms. The highest BCUT2D eigenvalue weighted by Crippen LogP contribution is 2.22. The van der Waals surface area contributed by atoms with Crippen molar-refractivity contribution >= 4 is 10.8 Å². The Kier molecular flexibility index (Phi) is 6.16. The van der Waals surface area contributed by atoms with Crippen LogP contribution in [0.1, 0.15) is 25.0 Å². The zero-order valence-electron chi connectivity index (χ0n) is 15.7. The van der Waals surface area contributed by atoms with Crippen LogP contribution in [-0.4, -0.2) is 24.6 Å². The summed E-state index contributed by atoms with van der Waals surface area (Å²) in [6.45, 7) is 7.73. The molecule has 0 aliphatic carbocycles. The maximum Gasteiger partial charge on any atom is 0.105 e. The Balaban J connectivity index is 0.000000249. The first-order valence-electron chi connectivity index (χ1n) is 8.71. The van der Waals surface area contributed by atoms with Gasteiger partial charge in [0.05, 0.1) is 20.1 Å². The lowest BCUT2D eigenvalue weighted by atomic mass is 10.0. The van der Waals surface area contributed by atoms with E-state index in [1.165, 1.54) is 21.9 Å². The Morgan fingerprint density at radius 1 is 0.750 bits per heavy atom. The zero-order chi connectivity index (χ0) is 17.6. The third kappa shape index (κ3) is 4.94. The monoisotopic (exact) mass is 320 g/mol. The first-order valence-corrected chi connectivity index (χ1v) is 8.71. The molecule has 0 saturated heterocycles. The number of aryl methyl sites for hydroxylation is 1. The van der Waals surface area contributed by atoms with Crippen molar-refractivity contribution in [2.24, 2.45) is 0 Å². The number of benzene rings is 3. The first kappa shape index (κ1) is 18.2. The van der Waals surface area contributed by atoms with Crippen LogP contribution < -0.4 is 0 Å². The molecule has 24 heavy (non-hydrogen) atoms. The molecule has 3 rings (SSSR count). The van der Waals surface area contributed by atoms with E-state index in [0.29, 0.717) is 6.04 Å². The molecule has 0 amide bonds. The lowest BCUT2D eigenvalue weighted by molar-refractivity contribution is -0.924. The second-order valence-corrected chi connectivity index (χ2v) is 7.32. The van der Waals surface area contributed by atoms with Crippen LogP contribution in [0.5, 0.6) is 0 Å². The minimum Gasteiger partial charge on any atom is -0.323 e. The number of hydrogen-bond donors (Lipinski definition) is 0. The molecule has 0 radical (unpaired) electrons. The van der Waals surface area contributed by atoms with E-state index in [0.717, 1.165) is 11.0 Å². The Hall–Kier alpha value is -2.12. The highest BCUT2D eigenvalue weighted by molar-refractivity contribution is 5.85. The molecule has 3 aromatic rings. The van der Waals surface area contributed by atoms with Crippen molar-refractivity contribution in [3.8, 4) is 0 Å². The van der Waals surface area contributed by atoms with E-state index in [1.54, 1.807) is 0 Å². The molecule has 0 spiro atoms. The van der Waals surface area contributed by atoms with Gasteiger partial charge in [0.1, 0.15) is 6.54 Å². The van der Waals surface area contributed by atoms with E-state index in [4.69, 9.17) is 0 Å². The van der Waals surface area contributed by atoms with E-state index < -0.39 is 0 Å². The molecule has 0 unspecified atom stereocenters. The molecular weight excluding hydrogens is 290 g/mol. The van der Waals surface area contributed by atoms with E-state index in [9.17, 15) is 0 Å². The van der Waals surface area contributed by atoms with E-state index >= 15 is 0 Å². The van der Waals surface area contributed by atoms with E-state index in [2.05, 4.69) is 89.5 Å². The minimum absolute atomic E-state index is 0.633. The van der Waals surface area contributed by atoms with Crippen LogP contribution in [0.15, 0.2) is 72.8 Å². The topological polar surface area (TPSA) is 0 Å². The first-order chi connectivity index (χ1) is 11.4. The van der Waals surface area contributed by atoms with Gasteiger partial charge in [-0.1, -0.05) is 78.4 Å². The summed E-state index contributed by atoms with van der Waals surface area (Å²) in [5.74, 6) is 0. The van der Waals surface area contributed by atoms with E-state index in [1.807, 2.05) is 18.2 Å². The second kappa shape index (κ2) is 8.12. The van der Waals surface area contributed by atoms with Gasteiger partial charge < -0.3 is 4.48 Å². The highest BCUT2D eigenvalue weighted by Gasteiger charge is 2.20.